The second-order valence-electron chi connectivity index (χ2n) is 6.38. The summed E-state index contributed by atoms with van der Waals surface area (Å²) in [5, 5.41) is 9.65. The minimum absolute atomic E-state index is 0.395. The Hall–Kier alpha value is -2.78. The van der Waals surface area contributed by atoms with Crippen LogP contribution in [0.15, 0.2) is 78.9 Å². The molecule has 3 aromatic rings. The molecule has 1 N–H and O–H groups in total. The fourth-order valence-corrected chi connectivity index (χ4v) is 2.72. The van der Waals surface area contributed by atoms with Crippen molar-refractivity contribution in [2.45, 2.75) is 32.7 Å². The molecule has 0 fully saturated rings. The van der Waals surface area contributed by atoms with Crippen LogP contribution < -0.4 is 9.47 Å². The minimum atomic E-state index is -0.395. The van der Waals surface area contributed by atoms with E-state index in [-0.39, 0.29) is 0 Å². The van der Waals surface area contributed by atoms with Crippen molar-refractivity contribution in [3.63, 3.8) is 0 Å². The van der Waals surface area contributed by atoms with Crippen molar-refractivity contribution in [3.05, 3.63) is 95.6 Å². The molecule has 3 heteroatoms. The molecule has 0 aliphatic carbocycles. The van der Waals surface area contributed by atoms with Crippen molar-refractivity contribution < 1.29 is 14.6 Å². The van der Waals surface area contributed by atoms with Gasteiger partial charge in [0, 0.05) is 0 Å². The lowest BCUT2D eigenvalue weighted by Gasteiger charge is -2.15. The second-order valence-corrected chi connectivity index (χ2v) is 6.38. The molecule has 0 spiro atoms. The third kappa shape index (κ3) is 5.36. The van der Waals surface area contributed by atoms with Gasteiger partial charge in [-0.1, -0.05) is 66.7 Å². The molecule has 0 aliphatic heterocycles. The molecule has 0 aromatic heterocycles. The van der Waals surface area contributed by atoms with E-state index < -0.39 is 6.10 Å². The molecule has 26 heavy (non-hydrogen) atoms. The van der Waals surface area contributed by atoms with E-state index in [1.54, 1.807) is 6.92 Å². The lowest BCUT2D eigenvalue weighted by atomic mass is 10.1. The van der Waals surface area contributed by atoms with Gasteiger partial charge in [0.05, 0.1) is 6.10 Å². The van der Waals surface area contributed by atoms with Gasteiger partial charge in [0.1, 0.15) is 13.2 Å². The Morgan fingerprint density at radius 2 is 1.23 bits per heavy atom. The summed E-state index contributed by atoms with van der Waals surface area (Å²) < 4.78 is 12.0. The van der Waals surface area contributed by atoms with E-state index in [9.17, 15) is 5.11 Å². The summed E-state index contributed by atoms with van der Waals surface area (Å²) in [6.45, 7) is 2.74. The Balaban J connectivity index is 1.75. The summed E-state index contributed by atoms with van der Waals surface area (Å²) in [4.78, 5) is 0. The number of aliphatic hydroxyl groups is 1. The predicted molar refractivity (Wildman–Crippen MR) is 103 cm³/mol. The number of ether oxygens (including phenoxy) is 2. The molecule has 0 bridgehead atoms. The number of aliphatic hydroxyl groups excluding tert-OH is 1. The molecule has 0 saturated carbocycles. The second kappa shape index (κ2) is 9.07. The molecular weight excluding hydrogens is 324 g/mol. The fourth-order valence-electron chi connectivity index (χ4n) is 2.72. The van der Waals surface area contributed by atoms with Crippen molar-refractivity contribution in [2.24, 2.45) is 0 Å². The molecule has 3 aromatic carbocycles. The third-order valence-corrected chi connectivity index (χ3v) is 4.01. The monoisotopic (exact) mass is 348 g/mol. The van der Waals surface area contributed by atoms with Crippen molar-refractivity contribution in [2.75, 3.05) is 0 Å². The largest absolute Gasteiger partial charge is 0.485 e. The number of hydrogen-bond donors (Lipinski definition) is 1. The first-order chi connectivity index (χ1) is 12.7. The van der Waals surface area contributed by atoms with Crippen LogP contribution in [0.4, 0.5) is 0 Å². The summed E-state index contributed by atoms with van der Waals surface area (Å²) in [5.74, 6) is 1.40. The van der Waals surface area contributed by atoms with E-state index in [0.717, 1.165) is 16.7 Å². The molecule has 0 aliphatic rings. The van der Waals surface area contributed by atoms with Crippen LogP contribution in [0.25, 0.3) is 0 Å². The SMILES string of the molecule is C[C@H](O)Cc1ccc(OCc2ccccc2)c(OCc2ccccc2)c1. The molecule has 0 saturated heterocycles. The predicted octanol–water partition coefficient (Wildman–Crippen LogP) is 4.77. The van der Waals surface area contributed by atoms with Gasteiger partial charge in [-0.15, -0.1) is 0 Å². The zero-order valence-corrected chi connectivity index (χ0v) is 15.0. The maximum absolute atomic E-state index is 9.65. The molecule has 0 amide bonds. The maximum Gasteiger partial charge on any atom is 0.161 e. The zero-order chi connectivity index (χ0) is 18.2. The van der Waals surface area contributed by atoms with Gasteiger partial charge in [-0.3, -0.25) is 0 Å². The van der Waals surface area contributed by atoms with E-state index in [1.807, 2.05) is 78.9 Å². The van der Waals surface area contributed by atoms with Crippen LogP contribution in [0.5, 0.6) is 11.5 Å². The first kappa shape index (κ1) is 18.0. The Morgan fingerprint density at radius 1 is 0.692 bits per heavy atom. The average molecular weight is 348 g/mol. The van der Waals surface area contributed by atoms with Crippen LogP contribution in [-0.2, 0) is 19.6 Å². The van der Waals surface area contributed by atoms with Crippen molar-refractivity contribution in [1.29, 1.82) is 0 Å². The van der Waals surface area contributed by atoms with Gasteiger partial charge in [-0.25, -0.2) is 0 Å². The van der Waals surface area contributed by atoms with Crippen LogP contribution in [0.2, 0.25) is 0 Å². The summed E-state index contributed by atoms with van der Waals surface area (Å²) in [6, 6.07) is 25.9. The molecular formula is C23H24O3. The first-order valence-electron chi connectivity index (χ1n) is 8.85. The van der Waals surface area contributed by atoms with Crippen molar-refractivity contribution >= 4 is 0 Å². The maximum atomic E-state index is 9.65. The van der Waals surface area contributed by atoms with Crippen LogP contribution in [0.1, 0.15) is 23.6 Å². The van der Waals surface area contributed by atoms with E-state index in [1.165, 1.54) is 0 Å². The van der Waals surface area contributed by atoms with Gasteiger partial charge in [-0.2, -0.15) is 0 Å². The Labute approximate surface area is 154 Å². The van der Waals surface area contributed by atoms with Gasteiger partial charge in [0.25, 0.3) is 0 Å². The molecule has 0 unspecified atom stereocenters. The van der Waals surface area contributed by atoms with Crippen molar-refractivity contribution in [1.82, 2.24) is 0 Å². The summed E-state index contributed by atoms with van der Waals surface area (Å²) >= 11 is 0. The zero-order valence-electron chi connectivity index (χ0n) is 15.0. The fraction of sp³-hybridized carbons (Fsp3) is 0.217. The topological polar surface area (TPSA) is 38.7 Å². The minimum Gasteiger partial charge on any atom is -0.485 e. The average Bonchev–Trinajstić information content (AvgIpc) is 2.67. The smallest absolute Gasteiger partial charge is 0.161 e. The highest BCUT2D eigenvalue weighted by molar-refractivity contribution is 5.43. The lowest BCUT2D eigenvalue weighted by molar-refractivity contribution is 0.195. The summed E-state index contributed by atoms with van der Waals surface area (Å²) in [5.41, 5.74) is 3.23. The van der Waals surface area contributed by atoms with Gasteiger partial charge in [0.15, 0.2) is 11.5 Å². The number of hydrogen-bond acceptors (Lipinski definition) is 3. The molecule has 3 rings (SSSR count). The first-order valence-corrected chi connectivity index (χ1v) is 8.85. The lowest BCUT2D eigenvalue weighted by Crippen LogP contribution is -2.06. The van der Waals surface area contributed by atoms with E-state index in [0.29, 0.717) is 31.1 Å². The molecule has 3 nitrogen and oxygen atoms in total. The van der Waals surface area contributed by atoms with Crippen LogP contribution >= 0.6 is 0 Å². The highest BCUT2D eigenvalue weighted by Gasteiger charge is 2.09. The van der Waals surface area contributed by atoms with Crippen LogP contribution in [0.3, 0.4) is 0 Å². The molecule has 0 radical (unpaired) electrons. The van der Waals surface area contributed by atoms with Gasteiger partial charge < -0.3 is 14.6 Å². The van der Waals surface area contributed by atoms with E-state index in [2.05, 4.69) is 0 Å². The number of benzene rings is 3. The normalized spacial score (nSPS) is 11.8. The van der Waals surface area contributed by atoms with E-state index in [4.69, 9.17) is 9.47 Å². The van der Waals surface area contributed by atoms with E-state index >= 15 is 0 Å². The summed E-state index contributed by atoms with van der Waals surface area (Å²) in [7, 11) is 0. The van der Waals surface area contributed by atoms with Crippen LogP contribution in [-0.4, -0.2) is 11.2 Å². The van der Waals surface area contributed by atoms with Gasteiger partial charge in [-0.05, 0) is 42.2 Å². The molecule has 1 atom stereocenters. The highest BCUT2D eigenvalue weighted by atomic mass is 16.5. The van der Waals surface area contributed by atoms with Gasteiger partial charge >= 0.3 is 0 Å². The molecule has 134 valence electrons. The molecule has 0 heterocycles. The van der Waals surface area contributed by atoms with Crippen molar-refractivity contribution in [3.8, 4) is 11.5 Å². The van der Waals surface area contributed by atoms with Gasteiger partial charge in [0.2, 0.25) is 0 Å². The highest BCUT2D eigenvalue weighted by Crippen LogP contribution is 2.30. The number of rotatable bonds is 8. The summed E-state index contributed by atoms with van der Waals surface area (Å²) in [6.07, 6.45) is 0.189. The Morgan fingerprint density at radius 3 is 1.77 bits per heavy atom. The Kier molecular flexibility index (Phi) is 6.29. The quantitative estimate of drug-likeness (QED) is 0.637. The Bertz CT molecular complexity index is 798. The van der Waals surface area contributed by atoms with Crippen LogP contribution in [0, 0.1) is 0 Å². The third-order valence-electron chi connectivity index (χ3n) is 4.01. The standard InChI is InChI=1S/C23H24O3/c1-18(24)14-21-12-13-22(25-16-19-8-4-2-5-9-19)23(15-21)26-17-20-10-6-3-7-11-20/h2-13,15,18,24H,14,16-17H2,1H3/t18-/m0/s1.